The Morgan fingerprint density at radius 1 is 1.25 bits per heavy atom. The molecule has 0 aromatic rings. The van der Waals surface area contributed by atoms with Crippen molar-refractivity contribution in [2.75, 3.05) is 26.7 Å². The van der Waals surface area contributed by atoms with Crippen LogP contribution in [0.4, 0.5) is 13.2 Å². The maximum Gasteiger partial charge on any atom is 0.401 e. The summed E-state index contributed by atoms with van der Waals surface area (Å²) in [5.41, 5.74) is 0. The zero-order chi connectivity index (χ0) is 12.6. The molecule has 1 atom stereocenters. The highest BCUT2D eigenvalue weighted by molar-refractivity contribution is 4.69. The lowest BCUT2D eigenvalue weighted by Crippen LogP contribution is -2.42. The van der Waals surface area contributed by atoms with Gasteiger partial charge in [-0.25, -0.2) is 0 Å². The maximum absolute atomic E-state index is 12.1. The van der Waals surface area contributed by atoms with Gasteiger partial charge in [0.15, 0.2) is 0 Å². The van der Waals surface area contributed by atoms with Gasteiger partial charge in [-0.1, -0.05) is 19.8 Å². The number of nitrogens with zero attached hydrogens (tertiary/aromatic N) is 1. The van der Waals surface area contributed by atoms with Crippen molar-refractivity contribution in [2.24, 2.45) is 0 Å². The van der Waals surface area contributed by atoms with Crippen molar-refractivity contribution in [1.29, 1.82) is 0 Å². The van der Waals surface area contributed by atoms with E-state index >= 15 is 0 Å². The molecule has 98 valence electrons. The van der Waals surface area contributed by atoms with Crippen LogP contribution in [0.2, 0.25) is 0 Å². The van der Waals surface area contributed by atoms with Crippen molar-refractivity contribution in [3.63, 3.8) is 0 Å². The third kappa shape index (κ3) is 8.97. The van der Waals surface area contributed by atoms with E-state index in [1.807, 2.05) is 0 Å². The molecule has 0 spiro atoms. The van der Waals surface area contributed by atoms with Gasteiger partial charge >= 0.3 is 6.18 Å². The summed E-state index contributed by atoms with van der Waals surface area (Å²) in [7, 11) is 1.51. The number of hydrogen-bond donors (Lipinski definition) is 1. The van der Waals surface area contributed by atoms with Crippen LogP contribution in [0.3, 0.4) is 0 Å². The summed E-state index contributed by atoms with van der Waals surface area (Å²) in [6.07, 6.45) is -0.692. The molecule has 16 heavy (non-hydrogen) atoms. The molecule has 5 heteroatoms. The third-order valence-corrected chi connectivity index (χ3v) is 2.58. The highest BCUT2D eigenvalue weighted by Crippen LogP contribution is 2.16. The molecule has 0 aliphatic heterocycles. The fourth-order valence-corrected chi connectivity index (χ4v) is 1.41. The molecule has 0 aliphatic carbocycles. The largest absolute Gasteiger partial charge is 0.401 e. The highest BCUT2D eigenvalue weighted by Gasteiger charge is 2.30. The third-order valence-electron chi connectivity index (χ3n) is 2.58. The van der Waals surface area contributed by atoms with Gasteiger partial charge in [-0.05, 0) is 26.9 Å². The molecule has 2 nitrogen and oxygen atoms in total. The summed E-state index contributed by atoms with van der Waals surface area (Å²) >= 11 is 0. The monoisotopic (exact) mass is 240 g/mol. The van der Waals surface area contributed by atoms with E-state index in [-0.39, 0.29) is 6.04 Å². The van der Waals surface area contributed by atoms with E-state index in [0.717, 1.165) is 19.4 Å². The summed E-state index contributed by atoms with van der Waals surface area (Å²) in [6, 6.07) is -0.0942. The Morgan fingerprint density at radius 3 is 2.38 bits per heavy atom. The average Bonchev–Trinajstić information content (AvgIpc) is 2.14. The minimum Gasteiger partial charge on any atom is -0.315 e. The second kappa shape index (κ2) is 7.90. The SMILES string of the molecule is CCCCCNCC(C)N(C)CC(F)(F)F. The Morgan fingerprint density at radius 2 is 1.88 bits per heavy atom. The van der Waals surface area contributed by atoms with Crippen LogP contribution in [0.1, 0.15) is 33.1 Å². The van der Waals surface area contributed by atoms with Gasteiger partial charge in [0.1, 0.15) is 0 Å². The molecular weight excluding hydrogens is 217 g/mol. The van der Waals surface area contributed by atoms with Crippen molar-refractivity contribution in [3.05, 3.63) is 0 Å². The zero-order valence-electron chi connectivity index (χ0n) is 10.4. The van der Waals surface area contributed by atoms with E-state index < -0.39 is 12.7 Å². The van der Waals surface area contributed by atoms with Gasteiger partial charge in [0.2, 0.25) is 0 Å². The molecule has 0 amide bonds. The fraction of sp³-hybridized carbons (Fsp3) is 1.00. The van der Waals surface area contributed by atoms with Crippen LogP contribution in [0, 0.1) is 0 Å². The number of alkyl halides is 3. The lowest BCUT2D eigenvalue weighted by Gasteiger charge is -2.25. The quantitative estimate of drug-likeness (QED) is 0.656. The van der Waals surface area contributed by atoms with E-state index in [4.69, 9.17) is 0 Å². The molecule has 0 radical (unpaired) electrons. The molecule has 0 bridgehead atoms. The van der Waals surface area contributed by atoms with E-state index in [9.17, 15) is 13.2 Å². The minimum absolute atomic E-state index is 0.0942. The highest BCUT2D eigenvalue weighted by atomic mass is 19.4. The van der Waals surface area contributed by atoms with Gasteiger partial charge in [0.05, 0.1) is 6.54 Å². The molecular formula is C11H23F3N2. The number of nitrogens with one attached hydrogen (secondary N) is 1. The molecule has 0 heterocycles. The minimum atomic E-state index is -4.11. The number of hydrogen-bond acceptors (Lipinski definition) is 2. The predicted octanol–water partition coefficient (Wildman–Crippen LogP) is 2.65. The Labute approximate surface area is 96.2 Å². The standard InChI is InChI=1S/C11H23F3N2/c1-4-5-6-7-15-8-10(2)16(3)9-11(12,13)14/h10,15H,4-9H2,1-3H3. The van der Waals surface area contributed by atoms with Crippen LogP contribution >= 0.6 is 0 Å². The summed E-state index contributed by atoms with van der Waals surface area (Å²) in [5.74, 6) is 0. The van der Waals surface area contributed by atoms with Crippen LogP contribution in [0.5, 0.6) is 0 Å². The summed E-state index contributed by atoms with van der Waals surface area (Å²) < 4.78 is 36.3. The lowest BCUT2D eigenvalue weighted by molar-refractivity contribution is -0.146. The summed E-state index contributed by atoms with van der Waals surface area (Å²) in [5, 5.41) is 3.18. The van der Waals surface area contributed by atoms with Crippen LogP contribution in [-0.4, -0.2) is 43.8 Å². The molecule has 0 fully saturated rings. The molecule has 0 saturated carbocycles. The number of halogens is 3. The van der Waals surface area contributed by atoms with Crippen LogP contribution in [-0.2, 0) is 0 Å². The second-order valence-corrected chi connectivity index (χ2v) is 4.29. The second-order valence-electron chi connectivity index (χ2n) is 4.29. The van der Waals surface area contributed by atoms with Crippen molar-refractivity contribution in [1.82, 2.24) is 10.2 Å². The Bertz CT molecular complexity index is 171. The summed E-state index contributed by atoms with van der Waals surface area (Å²) in [4.78, 5) is 1.33. The number of rotatable bonds is 8. The molecule has 0 saturated heterocycles. The molecule has 0 aromatic heterocycles. The first-order chi connectivity index (χ1) is 7.37. The average molecular weight is 240 g/mol. The first-order valence-corrected chi connectivity index (χ1v) is 5.84. The van der Waals surface area contributed by atoms with Gasteiger partial charge in [-0.15, -0.1) is 0 Å². The van der Waals surface area contributed by atoms with Crippen molar-refractivity contribution in [2.45, 2.75) is 45.3 Å². The van der Waals surface area contributed by atoms with Crippen molar-refractivity contribution in [3.8, 4) is 0 Å². The molecule has 0 aliphatic rings. The Hall–Kier alpha value is -0.290. The fourth-order valence-electron chi connectivity index (χ4n) is 1.41. The Kier molecular flexibility index (Phi) is 7.76. The van der Waals surface area contributed by atoms with Crippen LogP contribution in [0.25, 0.3) is 0 Å². The topological polar surface area (TPSA) is 15.3 Å². The van der Waals surface area contributed by atoms with Gasteiger partial charge in [0.25, 0.3) is 0 Å². The van der Waals surface area contributed by atoms with Gasteiger partial charge in [-0.2, -0.15) is 13.2 Å². The van der Waals surface area contributed by atoms with E-state index in [1.54, 1.807) is 6.92 Å². The lowest BCUT2D eigenvalue weighted by atomic mass is 10.2. The van der Waals surface area contributed by atoms with Crippen molar-refractivity contribution < 1.29 is 13.2 Å². The van der Waals surface area contributed by atoms with E-state index in [2.05, 4.69) is 12.2 Å². The molecule has 0 aromatic carbocycles. The van der Waals surface area contributed by atoms with Crippen molar-refractivity contribution >= 4 is 0 Å². The molecule has 1 N–H and O–H groups in total. The first-order valence-electron chi connectivity index (χ1n) is 5.84. The maximum atomic E-state index is 12.1. The first kappa shape index (κ1) is 15.7. The Balaban J connectivity index is 3.59. The van der Waals surface area contributed by atoms with Crippen LogP contribution in [0.15, 0.2) is 0 Å². The van der Waals surface area contributed by atoms with Gasteiger partial charge < -0.3 is 5.32 Å². The zero-order valence-corrected chi connectivity index (χ0v) is 10.4. The predicted molar refractivity (Wildman–Crippen MR) is 60.5 cm³/mol. The van der Waals surface area contributed by atoms with E-state index in [1.165, 1.54) is 18.4 Å². The smallest absolute Gasteiger partial charge is 0.315 e. The summed E-state index contributed by atoms with van der Waals surface area (Å²) in [6.45, 7) is 4.58. The number of unbranched alkanes of at least 4 members (excludes halogenated alkanes) is 2. The van der Waals surface area contributed by atoms with E-state index in [0.29, 0.717) is 6.54 Å². The van der Waals surface area contributed by atoms with Gasteiger partial charge in [-0.3, -0.25) is 4.90 Å². The molecule has 1 unspecified atom stereocenters. The van der Waals surface area contributed by atoms with Crippen LogP contribution < -0.4 is 5.32 Å². The van der Waals surface area contributed by atoms with Gasteiger partial charge in [0, 0.05) is 12.6 Å². The normalized spacial score (nSPS) is 14.4. The number of likely N-dealkylation sites (N-methyl/N-ethyl adjacent to an activating group) is 1. The molecule has 0 rings (SSSR count).